The Morgan fingerprint density at radius 1 is 1.41 bits per heavy atom. The molecule has 0 spiro atoms. The van der Waals surface area contributed by atoms with Crippen molar-refractivity contribution < 1.29 is 9.59 Å². The summed E-state index contributed by atoms with van der Waals surface area (Å²) in [4.78, 5) is 29.7. The first-order valence-corrected chi connectivity index (χ1v) is 9.62. The lowest BCUT2D eigenvalue weighted by Crippen LogP contribution is -2.31. The van der Waals surface area contributed by atoms with E-state index in [1.54, 1.807) is 0 Å². The largest absolute Gasteiger partial charge is 0.348 e. The molecule has 0 saturated carbocycles. The smallest absolute Gasteiger partial charge is 0.225 e. The highest BCUT2D eigenvalue weighted by atomic mass is 16.1. The molecule has 0 aromatic carbocycles. The van der Waals surface area contributed by atoms with Gasteiger partial charge in [-0.15, -0.1) is 0 Å². The van der Waals surface area contributed by atoms with Gasteiger partial charge in [0.05, 0.1) is 12.5 Å². The third kappa shape index (κ3) is 3.82. The molecule has 2 aromatic rings. The first kappa shape index (κ1) is 19.3. The molecule has 146 valence electrons. The molecule has 1 atom stereocenters. The molecule has 1 amide bonds. The van der Waals surface area contributed by atoms with E-state index in [9.17, 15) is 9.59 Å². The van der Waals surface area contributed by atoms with Crippen molar-refractivity contribution in [2.24, 2.45) is 5.41 Å². The van der Waals surface area contributed by atoms with Crippen LogP contribution >= 0.6 is 0 Å². The quantitative estimate of drug-likeness (QED) is 0.816. The fraction of sp³-hybridized carbons (Fsp3) is 0.600. The Balaban J connectivity index is 1.89. The lowest BCUT2D eigenvalue weighted by Gasteiger charge is -2.30. The van der Waals surface area contributed by atoms with Gasteiger partial charge in [-0.3, -0.25) is 14.7 Å². The van der Waals surface area contributed by atoms with Crippen LogP contribution in [0.2, 0.25) is 0 Å². The standard InChI is InChI=1S/C20H29N5O2/c1-6-7-25-13(3)14(18-15(25)9-20(4,5)10-16(18)26)8-17(27)23-12(2)19-21-11-22-24-19/h11-12H,6-10H2,1-5H3,(H,23,27)(H,21,22,24)/t12-/m1/s1. The normalized spacial score (nSPS) is 16.9. The molecule has 7 nitrogen and oxygen atoms in total. The molecule has 0 bridgehead atoms. The predicted molar refractivity (Wildman–Crippen MR) is 103 cm³/mol. The Morgan fingerprint density at radius 3 is 2.78 bits per heavy atom. The maximum Gasteiger partial charge on any atom is 0.225 e. The molecule has 2 N–H and O–H groups in total. The molecule has 3 rings (SSSR count). The fourth-order valence-corrected chi connectivity index (χ4v) is 4.09. The van der Waals surface area contributed by atoms with E-state index in [1.165, 1.54) is 6.33 Å². The third-order valence-corrected chi connectivity index (χ3v) is 5.33. The van der Waals surface area contributed by atoms with Crippen LogP contribution in [0, 0.1) is 12.3 Å². The van der Waals surface area contributed by atoms with Gasteiger partial charge in [-0.2, -0.15) is 5.10 Å². The lowest BCUT2D eigenvalue weighted by molar-refractivity contribution is -0.121. The van der Waals surface area contributed by atoms with Crippen molar-refractivity contribution in [1.82, 2.24) is 25.1 Å². The number of ketones is 1. The second-order valence-electron chi connectivity index (χ2n) is 8.31. The topological polar surface area (TPSA) is 92.7 Å². The number of Topliss-reactive ketones (excluding diaryl/α,β-unsaturated/α-hetero) is 1. The molecule has 27 heavy (non-hydrogen) atoms. The zero-order valence-electron chi connectivity index (χ0n) is 16.8. The Bertz CT molecular complexity index is 848. The first-order chi connectivity index (χ1) is 12.7. The van der Waals surface area contributed by atoms with Crippen molar-refractivity contribution >= 4 is 11.7 Å². The van der Waals surface area contributed by atoms with Gasteiger partial charge in [0.15, 0.2) is 5.78 Å². The highest BCUT2D eigenvalue weighted by Gasteiger charge is 2.36. The van der Waals surface area contributed by atoms with Gasteiger partial charge in [-0.1, -0.05) is 20.8 Å². The molecule has 0 aliphatic heterocycles. The van der Waals surface area contributed by atoms with Gasteiger partial charge in [-0.25, -0.2) is 4.98 Å². The minimum atomic E-state index is -0.261. The van der Waals surface area contributed by atoms with Crippen LogP contribution < -0.4 is 5.32 Å². The van der Waals surface area contributed by atoms with Crippen molar-refractivity contribution in [3.63, 3.8) is 0 Å². The molecule has 2 aromatic heterocycles. The van der Waals surface area contributed by atoms with Crippen molar-refractivity contribution in [3.8, 4) is 0 Å². The van der Waals surface area contributed by atoms with E-state index in [2.05, 4.69) is 45.8 Å². The Morgan fingerprint density at radius 2 is 2.15 bits per heavy atom. The highest BCUT2D eigenvalue weighted by Crippen LogP contribution is 2.39. The number of nitrogens with one attached hydrogen (secondary N) is 2. The van der Waals surface area contributed by atoms with E-state index in [0.717, 1.165) is 41.9 Å². The van der Waals surface area contributed by atoms with E-state index in [4.69, 9.17) is 0 Å². The average molecular weight is 371 g/mol. The molecule has 2 heterocycles. The summed E-state index contributed by atoms with van der Waals surface area (Å²) in [6.07, 6.45) is 4.01. The molecule has 7 heteroatoms. The molecule has 1 aliphatic rings. The number of hydrogen-bond acceptors (Lipinski definition) is 4. The van der Waals surface area contributed by atoms with Crippen LogP contribution in [-0.4, -0.2) is 31.4 Å². The number of aromatic nitrogens is 4. The zero-order chi connectivity index (χ0) is 19.8. The van der Waals surface area contributed by atoms with Gasteiger partial charge in [0.25, 0.3) is 0 Å². The van der Waals surface area contributed by atoms with E-state index in [0.29, 0.717) is 12.2 Å². The van der Waals surface area contributed by atoms with Crippen LogP contribution in [-0.2, 0) is 24.2 Å². The summed E-state index contributed by atoms with van der Waals surface area (Å²) in [6.45, 7) is 11.2. The van der Waals surface area contributed by atoms with Gasteiger partial charge >= 0.3 is 0 Å². The molecule has 0 fully saturated rings. The molecule has 0 radical (unpaired) electrons. The van der Waals surface area contributed by atoms with Crippen LogP contribution in [0.3, 0.4) is 0 Å². The number of carbonyl (C=O) groups is 2. The number of hydrogen-bond donors (Lipinski definition) is 2. The van der Waals surface area contributed by atoms with Gasteiger partial charge in [0.2, 0.25) is 5.91 Å². The number of aromatic amines is 1. The maximum atomic E-state index is 12.9. The minimum Gasteiger partial charge on any atom is -0.348 e. The van der Waals surface area contributed by atoms with Gasteiger partial charge < -0.3 is 9.88 Å². The summed E-state index contributed by atoms with van der Waals surface area (Å²) in [6, 6.07) is -0.261. The fourth-order valence-electron chi connectivity index (χ4n) is 4.09. The van der Waals surface area contributed by atoms with E-state index < -0.39 is 0 Å². The van der Waals surface area contributed by atoms with Crippen molar-refractivity contribution in [3.05, 3.63) is 34.7 Å². The monoisotopic (exact) mass is 371 g/mol. The maximum absolute atomic E-state index is 12.9. The molecule has 0 unspecified atom stereocenters. The number of H-pyrrole nitrogens is 1. The third-order valence-electron chi connectivity index (χ3n) is 5.33. The van der Waals surface area contributed by atoms with Crippen LogP contribution in [0.25, 0.3) is 0 Å². The van der Waals surface area contributed by atoms with Crippen molar-refractivity contribution in [2.75, 3.05) is 0 Å². The molecule has 1 aliphatic carbocycles. The van der Waals surface area contributed by atoms with Gasteiger partial charge in [0.1, 0.15) is 12.2 Å². The minimum absolute atomic E-state index is 0.0410. The van der Waals surface area contributed by atoms with Crippen LogP contribution in [0.4, 0.5) is 0 Å². The molecular formula is C20H29N5O2. The van der Waals surface area contributed by atoms with Gasteiger partial charge in [-0.05, 0) is 37.7 Å². The number of fused-ring (bicyclic) bond motifs is 1. The summed E-state index contributed by atoms with van der Waals surface area (Å²) in [5.74, 6) is 0.657. The van der Waals surface area contributed by atoms with E-state index in [-0.39, 0.29) is 29.6 Å². The summed E-state index contributed by atoms with van der Waals surface area (Å²) in [5, 5.41) is 9.53. The number of rotatable bonds is 6. The summed E-state index contributed by atoms with van der Waals surface area (Å²) >= 11 is 0. The summed E-state index contributed by atoms with van der Waals surface area (Å²) in [7, 11) is 0. The second-order valence-corrected chi connectivity index (χ2v) is 8.31. The summed E-state index contributed by atoms with van der Waals surface area (Å²) < 4.78 is 2.25. The highest BCUT2D eigenvalue weighted by molar-refractivity contribution is 6.01. The van der Waals surface area contributed by atoms with Gasteiger partial charge in [0, 0.05) is 29.9 Å². The zero-order valence-corrected chi connectivity index (χ0v) is 16.8. The Labute approximate surface area is 160 Å². The Kier molecular flexibility index (Phi) is 5.22. The molecular weight excluding hydrogens is 342 g/mol. The van der Waals surface area contributed by atoms with Crippen LogP contribution in [0.1, 0.15) is 79.7 Å². The van der Waals surface area contributed by atoms with Crippen LogP contribution in [0.5, 0.6) is 0 Å². The average Bonchev–Trinajstić information content (AvgIpc) is 3.17. The number of carbonyl (C=O) groups excluding carboxylic acids is 2. The first-order valence-electron chi connectivity index (χ1n) is 9.62. The summed E-state index contributed by atoms with van der Waals surface area (Å²) in [5.41, 5.74) is 3.75. The Hall–Kier alpha value is -2.44. The van der Waals surface area contributed by atoms with Crippen molar-refractivity contribution in [2.45, 2.75) is 72.9 Å². The molecule has 0 saturated heterocycles. The number of amides is 1. The second kappa shape index (κ2) is 7.29. The van der Waals surface area contributed by atoms with Crippen LogP contribution in [0.15, 0.2) is 6.33 Å². The lowest BCUT2D eigenvalue weighted by atomic mass is 9.75. The van der Waals surface area contributed by atoms with Crippen molar-refractivity contribution in [1.29, 1.82) is 0 Å². The SMILES string of the molecule is CCCn1c(C)c(CC(=O)N[C@H](C)c2ncn[nH]2)c2c1CC(C)(C)CC2=O. The predicted octanol–water partition coefficient (Wildman–Crippen LogP) is 2.90. The van der Waals surface area contributed by atoms with E-state index in [1.807, 2.05) is 13.8 Å². The number of nitrogens with zero attached hydrogens (tertiary/aromatic N) is 3. The van der Waals surface area contributed by atoms with E-state index >= 15 is 0 Å².